The molecule has 1 aromatic carbocycles. The molecule has 2 aromatic rings. The first-order chi connectivity index (χ1) is 10.2. The number of aromatic hydroxyl groups is 1. The van der Waals surface area contributed by atoms with Crippen molar-refractivity contribution in [3.8, 4) is 5.75 Å². The maximum absolute atomic E-state index is 9.39. The van der Waals surface area contributed by atoms with E-state index in [1.165, 1.54) is 5.57 Å². The molecule has 106 valence electrons. The fraction of sp³-hybridized carbons (Fsp3) is 0.222. The number of aliphatic imine (C=N–C) groups is 1. The molecule has 0 spiro atoms. The number of hydrogen-bond donors (Lipinski definition) is 1. The van der Waals surface area contributed by atoms with E-state index in [0.29, 0.717) is 5.92 Å². The van der Waals surface area contributed by atoms with Crippen LogP contribution in [-0.4, -0.2) is 22.3 Å². The predicted molar refractivity (Wildman–Crippen MR) is 85.5 cm³/mol. The van der Waals surface area contributed by atoms with Gasteiger partial charge in [-0.05, 0) is 53.8 Å². The Morgan fingerprint density at radius 1 is 1.19 bits per heavy atom. The standard InChI is InChI=1S/C18H18N2O/c1-13-8-10-20-18(15-3-2-9-19-12-15)17(13)11-14-4-6-16(21)7-5-14/h2-7,9,11-13,21H,8,10H2,1H3. The Balaban J connectivity index is 2.02. The van der Waals surface area contributed by atoms with E-state index in [1.54, 1.807) is 18.3 Å². The van der Waals surface area contributed by atoms with Crippen LogP contribution in [0.5, 0.6) is 5.75 Å². The van der Waals surface area contributed by atoms with Gasteiger partial charge in [-0.25, -0.2) is 0 Å². The summed E-state index contributed by atoms with van der Waals surface area (Å²) < 4.78 is 0. The van der Waals surface area contributed by atoms with Crippen molar-refractivity contribution in [3.05, 3.63) is 65.5 Å². The molecule has 21 heavy (non-hydrogen) atoms. The zero-order valence-corrected chi connectivity index (χ0v) is 12.0. The Bertz CT molecular complexity index is 672. The largest absolute Gasteiger partial charge is 0.508 e. The molecule has 0 fully saturated rings. The third-order valence-electron chi connectivity index (χ3n) is 3.79. The van der Waals surface area contributed by atoms with E-state index < -0.39 is 0 Å². The van der Waals surface area contributed by atoms with Gasteiger partial charge in [-0.1, -0.05) is 19.1 Å². The van der Waals surface area contributed by atoms with Crippen LogP contribution in [0.15, 0.2) is 59.4 Å². The lowest BCUT2D eigenvalue weighted by molar-refractivity contribution is 0.475. The fourth-order valence-corrected chi connectivity index (χ4v) is 2.57. The lowest BCUT2D eigenvalue weighted by Crippen LogP contribution is -2.19. The third kappa shape index (κ3) is 3.02. The van der Waals surface area contributed by atoms with E-state index in [0.717, 1.165) is 29.8 Å². The van der Waals surface area contributed by atoms with Gasteiger partial charge in [0.25, 0.3) is 0 Å². The molecule has 1 aliphatic rings. The molecule has 1 aliphatic heterocycles. The van der Waals surface area contributed by atoms with Crippen molar-refractivity contribution in [1.82, 2.24) is 4.98 Å². The Morgan fingerprint density at radius 2 is 2.00 bits per heavy atom. The summed E-state index contributed by atoms with van der Waals surface area (Å²) in [6.07, 6.45) is 6.87. The van der Waals surface area contributed by atoms with Crippen molar-refractivity contribution in [2.75, 3.05) is 6.54 Å². The molecular formula is C18H18N2O. The van der Waals surface area contributed by atoms with E-state index in [1.807, 2.05) is 24.4 Å². The van der Waals surface area contributed by atoms with Crippen LogP contribution in [0.4, 0.5) is 0 Å². The smallest absolute Gasteiger partial charge is 0.115 e. The lowest BCUT2D eigenvalue weighted by Gasteiger charge is -2.23. The second-order valence-electron chi connectivity index (χ2n) is 5.35. The molecule has 0 aliphatic carbocycles. The van der Waals surface area contributed by atoms with Gasteiger partial charge in [-0.15, -0.1) is 0 Å². The molecule has 3 rings (SSSR count). The van der Waals surface area contributed by atoms with Gasteiger partial charge < -0.3 is 5.11 Å². The van der Waals surface area contributed by atoms with Gasteiger partial charge in [0.1, 0.15) is 5.75 Å². The monoisotopic (exact) mass is 278 g/mol. The highest BCUT2D eigenvalue weighted by Crippen LogP contribution is 2.27. The van der Waals surface area contributed by atoms with Crippen molar-refractivity contribution >= 4 is 11.8 Å². The quantitative estimate of drug-likeness (QED) is 0.910. The molecule has 0 saturated carbocycles. The Morgan fingerprint density at radius 3 is 2.71 bits per heavy atom. The van der Waals surface area contributed by atoms with Crippen LogP contribution in [0.3, 0.4) is 0 Å². The van der Waals surface area contributed by atoms with Gasteiger partial charge in [-0.2, -0.15) is 0 Å². The maximum atomic E-state index is 9.39. The number of phenols is 1. The highest BCUT2D eigenvalue weighted by molar-refractivity contribution is 6.15. The summed E-state index contributed by atoms with van der Waals surface area (Å²) in [5, 5.41) is 9.39. The third-order valence-corrected chi connectivity index (χ3v) is 3.79. The minimum Gasteiger partial charge on any atom is -0.508 e. The molecule has 2 heterocycles. The van der Waals surface area contributed by atoms with Crippen LogP contribution in [-0.2, 0) is 0 Å². The van der Waals surface area contributed by atoms with Gasteiger partial charge in [0.15, 0.2) is 0 Å². The Labute approximate surface area is 124 Å². The molecule has 0 bridgehead atoms. The highest BCUT2D eigenvalue weighted by atomic mass is 16.3. The van der Waals surface area contributed by atoms with Crippen LogP contribution in [0, 0.1) is 5.92 Å². The average Bonchev–Trinajstić information content (AvgIpc) is 2.52. The first-order valence-corrected chi connectivity index (χ1v) is 7.20. The number of benzene rings is 1. The van der Waals surface area contributed by atoms with E-state index in [2.05, 4.69) is 24.1 Å². The van der Waals surface area contributed by atoms with Crippen molar-refractivity contribution in [1.29, 1.82) is 0 Å². The molecule has 1 aromatic heterocycles. The Kier molecular flexibility index (Phi) is 3.82. The van der Waals surface area contributed by atoms with Crippen LogP contribution >= 0.6 is 0 Å². The van der Waals surface area contributed by atoms with Crippen molar-refractivity contribution in [3.63, 3.8) is 0 Å². The molecule has 1 atom stereocenters. The zero-order valence-electron chi connectivity index (χ0n) is 12.0. The first kappa shape index (κ1) is 13.6. The SMILES string of the molecule is CC1CCN=C(c2cccnc2)C1=Cc1ccc(O)cc1. The van der Waals surface area contributed by atoms with E-state index in [-0.39, 0.29) is 5.75 Å². The second kappa shape index (κ2) is 5.92. The van der Waals surface area contributed by atoms with E-state index in [4.69, 9.17) is 4.99 Å². The number of phenolic OH excluding ortho intramolecular Hbond substituents is 1. The molecule has 3 heteroatoms. The molecule has 0 radical (unpaired) electrons. The van der Waals surface area contributed by atoms with E-state index >= 15 is 0 Å². The summed E-state index contributed by atoms with van der Waals surface area (Å²) in [5.74, 6) is 0.751. The van der Waals surface area contributed by atoms with Crippen LogP contribution < -0.4 is 0 Å². The summed E-state index contributed by atoms with van der Waals surface area (Å²) in [4.78, 5) is 8.90. The second-order valence-corrected chi connectivity index (χ2v) is 5.35. The zero-order chi connectivity index (χ0) is 14.7. The minimum atomic E-state index is 0.287. The number of pyridine rings is 1. The summed E-state index contributed by atoms with van der Waals surface area (Å²) in [6, 6.07) is 11.3. The first-order valence-electron chi connectivity index (χ1n) is 7.20. The summed E-state index contributed by atoms with van der Waals surface area (Å²) >= 11 is 0. The van der Waals surface area contributed by atoms with Gasteiger partial charge in [-0.3, -0.25) is 9.98 Å². The van der Waals surface area contributed by atoms with Gasteiger partial charge in [0, 0.05) is 24.5 Å². The van der Waals surface area contributed by atoms with Crippen molar-refractivity contribution < 1.29 is 5.11 Å². The molecule has 1 unspecified atom stereocenters. The highest BCUT2D eigenvalue weighted by Gasteiger charge is 2.20. The van der Waals surface area contributed by atoms with Crippen LogP contribution in [0.1, 0.15) is 24.5 Å². The van der Waals surface area contributed by atoms with Gasteiger partial charge in [0.2, 0.25) is 0 Å². The van der Waals surface area contributed by atoms with Gasteiger partial charge in [0.05, 0.1) is 5.71 Å². The molecule has 0 amide bonds. The molecule has 0 saturated heterocycles. The molecule has 3 nitrogen and oxygen atoms in total. The van der Waals surface area contributed by atoms with E-state index in [9.17, 15) is 5.11 Å². The number of allylic oxidation sites excluding steroid dienone is 1. The summed E-state index contributed by atoms with van der Waals surface area (Å²) in [6.45, 7) is 3.09. The predicted octanol–water partition coefficient (Wildman–Crippen LogP) is 3.70. The fourth-order valence-electron chi connectivity index (χ4n) is 2.57. The number of rotatable bonds is 2. The Hall–Kier alpha value is -2.42. The summed E-state index contributed by atoms with van der Waals surface area (Å²) in [5.41, 5.74) is 4.41. The topological polar surface area (TPSA) is 45.5 Å². The lowest BCUT2D eigenvalue weighted by atomic mass is 9.87. The number of nitrogens with zero attached hydrogens (tertiary/aromatic N) is 2. The van der Waals surface area contributed by atoms with Crippen molar-refractivity contribution in [2.24, 2.45) is 10.9 Å². The average molecular weight is 278 g/mol. The number of aromatic nitrogens is 1. The van der Waals surface area contributed by atoms with Gasteiger partial charge >= 0.3 is 0 Å². The maximum Gasteiger partial charge on any atom is 0.115 e. The summed E-state index contributed by atoms with van der Waals surface area (Å²) in [7, 11) is 0. The van der Waals surface area contributed by atoms with Crippen LogP contribution in [0.2, 0.25) is 0 Å². The molecular weight excluding hydrogens is 260 g/mol. The number of hydrogen-bond acceptors (Lipinski definition) is 3. The molecule has 1 N–H and O–H groups in total. The normalized spacial score (nSPS) is 20.3. The van der Waals surface area contributed by atoms with Crippen molar-refractivity contribution in [2.45, 2.75) is 13.3 Å². The minimum absolute atomic E-state index is 0.287. The van der Waals surface area contributed by atoms with Crippen LogP contribution in [0.25, 0.3) is 6.08 Å².